The zero-order chi connectivity index (χ0) is 13.5. The maximum Gasteiger partial charge on any atom is 0.225 e. The van der Waals surface area contributed by atoms with Gasteiger partial charge in [-0.3, -0.25) is 9.59 Å². The Labute approximate surface area is 109 Å². The van der Waals surface area contributed by atoms with Crippen LogP contribution in [-0.2, 0) is 9.59 Å². The smallest absolute Gasteiger partial charge is 0.225 e. The molecule has 1 rings (SSSR count). The third-order valence-electron chi connectivity index (χ3n) is 3.04. The Morgan fingerprint density at radius 2 is 2.33 bits per heavy atom. The third kappa shape index (κ3) is 4.49. The van der Waals surface area contributed by atoms with Gasteiger partial charge in [-0.1, -0.05) is 6.08 Å². The molecule has 1 N–H and O–H groups in total. The van der Waals surface area contributed by atoms with Crippen LogP contribution in [0.5, 0.6) is 0 Å². The zero-order valence-corrected chi connectivity index (χ0v) is 11.3. The van der Waals surface area contributed by atoms with Crippen LogP contribution >= 0.6 is 0 Å². The summed E-state index contributed by atoms with van der Waals surface area (Å²) in [4.78, 5) is 27.4. The van der Waals surface area contributed by atoms with E-state index in [0.29, 0.717) is 19.5 Å². The summed E-state index contributed by atoms with van der Waals surface area (Å²) in [5.41, 5.74) is 0. The Morgan fingerprint density at radius 3 is 2.94 bits per heavy atom. The number of carbonyl (C=O) groups is 2. The van der Waals surface area contributed by atoms with Gasteiger partial charge in [0.05, 0.1) is 5.92 Å². The SMILES string of the molecule is C=CCNC(=O)C1CC(=O)N(CCCN(C)C)C1. The lowest BCUT2D eigenvalue weighted by Gasteiger charge is -2.18. The van der Waals surface area contributed by atoms with Crippen LogP contribution in [0.15, 0.2) is 12.7 Å². The normalized spacial score (nSPS) is 19.4. The van der Waals surface area contributed by atoms with E-state index in [0.717, 1.165) is 19.5 Å². The second-order valence-electron chi connectivity index (χ2n) is 4.93. The van der Waals surface area contributed by atoms with E-state index in [1.165, 1.54) is 0 Å². The molecule has 0 aromatic rings. The summed E-state index contributed by atoms with van der Waals surface area (Å²) in [7, 11) is 4.02. The number of rotatable bonds is 7. The van der Waals surface area contributed by atoms with Crippen molar-refractivity contribution >= 4 is 11.8 Å². The van der Waals surface area contributed by atoms with Gasteiger partial charge < -0.3 is 15.1 Å². The van der Waals surface area contributed by atoms with Gasteiger partial charge in [0, 0.05) is 26.1 Å². The first-order chi connectivity index (χ1) is 8.54. The molecule has 1 unspecified atom stereocenters. The topological polar surface area (TPSA) is 52.7 Å². The van der Waals surface area contributed by atoms with Crippen molar-refractivity contribution in [2.75, 3.05) is 40.3 Å². The highest BCUT2D eigenvalue weighted by Gasteiger charge is 2.33. The minimum absolute atomic E-state index is 0.0432. The quantitative estimate of drug-likeness (QED) is 0.654. The number of amides is 2. The first-order valence-corrected chi connectivity index (χ1v) is 6.35. The molecule has 1 atom stereocenters. The second kappa shape index (κ2) is 7.16. The zero-order valence-electron chi connectivity index (χ0n) is 11.3. The van der Waals surface area contributed by atoms with Crippen molar-refractivity contribution in [3.05, 3.63) is 12.7 Å². The molecule has 0 aromatic heterocycles. The van der Waals surface area contributed by atoms with Crippen molar-refractivity contribution in [1.82, 2.24) is 15.1 Å². The number of nitrogens with one attached hydrogen (secondary N) is 1. The van der Waals surface area contributed by atoms with Gasteiger partial charge in [-0.05, 0) is 27.1 Å². The molecule has 1 fully saturated rings. The molecule has 0 spiro atoms. The fraction of sp³-hybridized carbons (Fsp3) is 0.692. The van der Waals surface area contributed by atoms with Crippen LogP contribution in [0.25, 0.3) is 0 Å². The Kier molecular flexibility index (Phi) is 5.85. The van der Waals surface area contributed by atoms with E-state index in [4.69, 9.17) is 0 Å². The molecule has 1 saturated heterocycles. The molecule has 2 amide bonds. The molecule has 102 valence electrons. The lowest BCUT2D eigenvalue weighted by Crippen LogP contribution is -2.33. The van der Waals surface area contributed by atoms with Crippen LogP contribution in [0.1, 0.15) is 12.8 Å². The van der Waals surface area contributed by atoms with Crippen LogP contribution in [0.2, 0.25) is 0 Å². The molecule has 5 nitrogen and oxygen atoms in total. The number of nitrogens with zero attached hydrogens (tertiary/aromatic N) is 2. The van der Waals surface area contributed by atoms with Gasteiger partial charge in [-0.25, -0.2) is 0 Å². The van der Waals surface area contributed by atoms with Gasteiger partial charge in [-0.15, -0.1) is 6.58 Å². The van der Waals surface area contributed by atoms with Gasteiger partial charge in [-0.2, -0.15) is 0 Å². The Balaban J connectivity index is 2.34. The predicted molar refractivity (Wildman–Crippen MR) is 71.1 cm³/mol. The maximum absolute atomic E-state index is 11.8. The van der Waals surface area contributed by atoms with Crippen LogP contribution in [-0.4, -0.2) is 61.9 Å². The maximum atomic E-state index is 11.8. The van der Waals surface area contributed by atoms with E-state index < -0.39 is 0 Å². The van der Waals surface area contributed by atoms with Crippen molar-refractivity contribution in [2.45, 2.75) is 12.8 Å². The third-order valence-corrected chi connectivity index (χ3v) is 3.04. The highest BCUT2D eigenvalue weighted by atomic mass is 16.2. The van der Waals surface area contributed by atoms with Crippen LogP contribution < -0.4 is 5.32 Å². The molecule has 0 aromatic carbocycles. The minimum Gasteiger partial charge on any atom is -0.352 e. The molecule has 0 aliphatic carbocycles. The molecule has 0 radical (unpaired) electrons. The average Bonchev–Trinajstić information content (AvgIpc) is 2.67. The van der Waals surface area contributed by atoms with E-state index in [2.05, 4.69) is 16.8 Å². The lowest BCUT2D eigenvalue weighted by atomic mass is 10.1. The number of hydrogen-bond donors (Lipinski definition) is 1. The van der Waals surface area contributed by atoms with Crippen molar-refractivity contribution in [3.8, 4) is 0 Å². The van der Waals surface area contributed by atoms with E-state index in [1.807, 2.05) is 14.1 Å². The Bertz CT molecular complexity index is 315. The second-order valence-corrected chi connectivity index (χ2v) is 4.93. The van der Waals surface area contributed by atoms with Crippen molar-refractivity contribution < 1.29 is 9.59 Å². The summed E-state index contributed by atoms with van der Waals surface area (Å²) in [5, 5.41) is 2.75. The molecule has 18 heavy (non-hydrogen) atoms. The molecule has 1 heterocycles. The van der Waals surface area contributed by atoms with Crippen LogP contribution in [0.3, 0.4) is 0 Å². The molecule has 1 aliphatic heterocycles. The van der Waals surface area contributed by atoms with E-state index in [9.17, 15) is 9.59 Å². The molecule has 1 aliphatic rings. The van der Waals surface area contributed by atoms with Gasteiger partial charge in [0.25, 0.3) is 0 Å². The molecule has 5 heteroatoms. The fourth-order valence-corrected chi connectivity index (χ4v) is 2.06. The standard InChI is InChI=1S/C13H23N3O2/c1-4-6-14-13(18)11-9-12(17)16(10-11)8-5-7-15(2)3/h4,11H,1,5-10H2,2-3H3,(H,14,18). The van der Waals surface area contributed by atoms with Gasteiger partial charge in [0.2, 0.25) is 11.8 Å². The van der Waals surface area contributed by atoms with E-state index in [1.54, 1.807) is 11.0 Å². The Hall–Kier alpha value is -1.36. The largest absolute Gasteiger partial charge is 0.352 e. The lowest BCUT2D eigenvalue weighted by molar-refractivity contribution is -0.129. The van der Waals surface area contributed by atoms with Crippen LogP contribution in [0, 0.1) is 5.92 Å². The van der Waals surface area contributed by atoms with Crippen molar-refractivity contribution in [3.63, 3.8) is 0 Å². The summed E-state index contributed by atoms with van der Waals surface area (Å²) < 4.78 is 0. The van der Waals surface area contributed by atoms with Crippen LogP contribution in [0.4, 0.5) is 0 Å². The molecular formula is C13H23N3O2. The number of hydrogen-bond acceptors (Lipinski definition) is 3. The van der Waals surface area contributed by atoms with E-state index in [-0.39, 0.29) is 17.7 Å². The van der Waals surface area contributed by atoms with Gasteiger partial charge in [0.1, 0.15) is 0 Å². The highest BCUT2D eigenvalue weighted by molar-refractivity contribution is 5.89. The van der Waals surface area contributed by atoms with Gasteiger partial charge in [0.15, 0.2) is 0 Å². The highest BCUT2D eigenvalue weighted by Crippen LogP contribution is 2.18. The fourth-order valence-electron chi connectivity index (χ4n) is 2.06. The van der Waals surface area contributed by atoms with Crippen molar-refractivity contribution in [2.24, 2.45) is 5.92 Å². The monoisotopic (exact) mass is 253 g/mol. The average molecular weight is 253 g/mol. The molecule has 0 bridgehead atoms. The summed E-state index contributed by atoms with van der Waals surface area (Å²) in [6.07, 6.45) is 2.92. The number of carbonyl (C=O) groups excluding carboxylic acids is 2. The summed E-state index contributed by atoms with van der Waals surface area (Å²) in [5.74, 6) is -0.150. The molecular weight excluding hydrogens is 230 g/mol. The van der Waals surface area contributed by atoms with Crippen molar-refractivity contribution in [1.29, 1.82) is 0 Å². The Morgan fingerprint density at radius 1 is 1.61 bits per heavy atom. The summed E-state index contributed by atoms with van der Waals surface area (Å²) >= 11 is 0. The van der Waals surface area contributed by atoms with Gasteiger partial charge >= 0.3 is 0 Å². The minimum atomic E-state index is -0.197. The first kappa shape index (κ1) is 14.7. The first-order valence-electron chi connectivity index (χ1n) is 6.35. The number of likely N-dealkylation sites (tertiary alicyclic amines) is 1. The predicted octanol–water partition coefficient (Wildman–Crippen LogP) is 0.0888. The summed E-state index contributed by atoms with van der Waals surface area (Å²) in [6, 6.07) is 0. The van der Waals surface area contributed by atoms with E-state index >= 15 is 0 Å². The summed E-state index contributed by atoms with van der Waals surface area (Å²) in [6.45, 7) is 6.26. The molecule has 0 saturated carbocycles.